The van der Waals surface area contributed by atoms with Gasteiger partial charge in [-0.2, -0.15) is 13.2 Å². The van der Waals surface area contributed by atoms with E-state index in [1.807, 2.05) is 59.2 Å². The molecule has 3 aromatic carbocycles. The summed E-state index contributed by atoms with van der Waals surface area (Å²) in [4.78, 5) is 0. The van der Waals surface area contributed by atoms with E-state index in [-0.39, 0.29) is 0 Å². The van der Waals surface area contributed by atoms with Crippen molar-refractivity contribution in [2.24, 2.45) is 0 Å². The van der Waals surface area contributed by atoms with Crippen molar-refractivity contribution in [2.45, 2.75) is 6.18 Å². The summed E-state index contributed by atoms with van der Waals surface area (Å²) in [7, 11) is 0. The number of hydrogen-bond acceptors (Lipinski definition) is 0. The SMILES string of the molecule is FC(F)(F)c1ccc2c3ccccc3n(-c3ccccc3)c2c1. The molecule has 1 heterocycles. The molecule has 1 nitrogen and oxygen atoms in total. The molecule has 0 aliphatic rings. The van der Waals surface area contributed by atoms with E-state index in [2.05, 4.69) is 0 Å². The third-order valence-electron chi connectivity index (χ3n) is 4.02. The number of para-hydroxylation sites is 2. The summed E-state index contributed by atoms with van der Waals surface area (Å²) < 4.78 is 41.2. The summed E-state index contributed by atoms with van der Waals surface area (Å²) in [6, 6.07) is 21.0. The smallest absolute Gasteiger partial charge is 0.309 e. The Balaban J connectivity index is 2.15. The summed E-state index contributed by atoms with van der Waals surface area (Å²) in [6.45, 7) is 0. The van der Waals surface area contributed by atoms with Crippen molar-refractivity contribution in [3.63, 3.8) is 0 Å². The van der Waals surface area contributed by atoms with Gasteiger partial charge >= 0.3 is 6.18 Å². The number of fused-ring (bicyclic) bond motifs is 3. The minimum Gasteiger partial charge on any atom is -0.309 e. The van der Waals surface area contributed by atoms with E-state index in [9.17, 15) is 13.2 Å². The lowest BCUT2D eigenvalue weighted by atomic mass is 10.1. The van der Waals surface area contributed by atoms with E-state index in [0.29, 0.717) is 5.52 Å². The zero-order chi connectivity index (χ0) is 16.0. The number of hydrogen-bond donors (Lipinski definition) is 0. The maximum absolute atomic E-state index is 13.1. The second-order valence-corrected chi connectivity index (χ2v) is 5.42. The first-order valence-corrected chi connectivity index (χ1v) is 7.21. The van der Waals surface area contributed by atoms with Crippen LogP contribution in [0.3, 0.4) is 0 Å². The Kier molecular flexibility index (Phi) is 2.94. The molecule has 23 heavy (non-hydrogen) atoms. The molecule has 0 bridgehead atoms. The monoisotopic (exact) mass is 311 g/mol. The summed E-state index contributed by atoms with van der Waals surface area (Å²) in [5.41, 5.74) is 1.67. The maximum atomic E-state index is 13.1. The molecule has 0 saturated carbocycles. The lowest BCUT2D eigenvalue weighted by Crippen LogP contribution is -2.04. The van der Waals surface area contributed by atoms with Crippen LogP contribution in [0.25, 0.3) is 27.5 Å². The Morgan fingerprint density at radius 2 is 1.30 bits per heavy atom. The zero-order valence-corrected chi connectivity index (χ0v) is 12.0. The lowest BCUT2D eigenvalue weighted by Gasteiger charge is -2.10. The van der Waals surface area contributed by atoms with Crippen LogP contribution in [0.15, 0.2) is 72.8 Å². The molecule has 114 valence electrons. The Bertz CT molecular complexity index is 998. The molecular weight excluding hydrogens is 299 g/mol. The molecular formula is C19H12F3N. The molecule has 0 atom stereocenters. The Labute approximate surface area is 130 Å². The number of halogens is 3. The average Bonchev–Trinajstić information content (AvgIpc) is 2.88. The number of nitrogens with zero attached hydrogens (tertiary/aromatic N) is 1. The second kappa shape index (κ2) is 4.88. The fraction of sp³-hybridized carbons (Fsp3) is 0.0526. The Morgan fingerprint density at radius 1 is 0.652 bits per heavy atom. The first kappa shape index (κ1) is 13.9. The molecule has 0 amide bonds. The third kappa shape index (κ3) is 2.18. The molecule has 0 unspecified atom stereocenters. The second-order valence-electron chi connectivity index (χ2n) is 5.42. The molecule has 0 N–H and O–H groups in total. The van der Waals surface area contributed by atoms with Crippen molar-refractivity contribution in [1.82, 2.24) is 4.57 Å². The Hall–Kier alpha value is -2.75. The fourth-order valence-corrected chi connectivity index (χ4v) is 3.00. The molecule has 4 heteroatoms. The van der Waals surface area contributed by atoms with Crippen molar-refractivity contribution in [3.05, 3.63) is 78.4 Å². The molecule has 0 aliphatic carbocycles. The van der Waals surface area contributed by atoms with Gasteiger partial charge in [0.05, 0.1) is 16.6 Å². The van der Waals surface area contributed by atoms with Crippen LogP contribution in [-0.2, 0) is 6.18 Å². The first-order valence-electron chi connectivity index (χ1n) is 7.21. The highest BCUT2D eigenvalue weighted by molar-refractivity contribution is 6.09. The van der Waals surface area contributed by atoms with E-state index in [1.54, 1.807) is 6.07 Å². The van der Waals surface area contributed by atoms with Crippen molar-refractivity contribution in [2.75, 3.05) is 0 Å². The highest BCUT2D eigenvalue weighted by Gasteiger charge is 2.31. The van der Waals surface area contributed by atoms with Crippen molar-refractivity contribution in [1.29, 1.82) is 0 Å². The lowest BCUT2D eigenvalue weighted by molar-refractivity contribution is -0.137. The molecule has 4 aromatic rings. The first-order chi connectivity index (χ1) is 11.1. The summed E-state index contributed by atoms with van der Waals surface area (Å²) >= 11 is 0. The van der Waals surface area contributed by atoms with Gasteiger partial charge in [-0.05, 0) is 30.3 Å². The van der Waals surface area contributed by atoms with Crippen LogP contribution in [0.4, 0.5) is 13.2 Å². The molecule has 0 radical (unpaired) electrons. The minimum absolute atomic E-state index is 0.562. The van der Waals surface area contributed by atoms with E-state index < -0.39 is 11.7 Å². The predicted molar refractivity (Wildman–Crippen MR) is 85.8 cm³/mol. The van der Waals surface area contributed by atoms with E-state index >= 15 is 0 Å². The topological polar surface area (TPSA) is 4.93 Å². The van der Waals surface area contributed by atoms with Gasteiger partial charge in [0.25, 0.3) is 0 Å². The van der Waals surface area contributed by atoms with Gasteiger partial charge in [0.15, 0.2) is 0 Å². The number of aromatic nitrogens is 1. The van der Waals surface area contributed by atoms with Gasteiger partial charge < -0.3 is 4.57 Å². The summed E-state index contributed by atoms with van der Waals surface area (Å²) in [5, 5.41) is 1.76. The van der Waals surface area contributed by atoms with Gasteiger partial charge in [0.2, 0.25) is 0 Å². The van der Waals surface area contributed by atoms with Gasteiger partial charge in [-0.3, -0.25) is 0 Å². The van der Waals surface area contributed by atoms with Crippen LogP contribution in [-0.4, -0.2) is 4.57 Å². The van der Waals surface area contributed by atoms with Crippen LogP contribution >= 0.6 is 0 Å². The highest BCUT2D eigenvalue weighted by Crippen LogP contribution is 2.36. The quantitative estimate of drug-likeness (QED) is 0.418. The molecule has 4 rings (SSSR count). The molecule has 0 spiro atoms. The van der Waals surface area contributed by atoms with Crippen LogP contribution < -0.4 is 0 Å². The van der Waals surface area contributed by atoms with Crippen molar-refractivity contribution < 1.29 is 13.2 Å². The summed E-state index contributed by atoms with van der Waals surface area (Å²) in [5.74, 6) is 0. The van der Waals surface area contributed by atoms with E-state index in [4.69, 9.17) is 0 Å². The highest BCUT2D eigenvalue weighted by atomic mass is 19.4. The number of benzene rings is 3. The minimum atomic E-state index is -4.35. The zero-order valence-electron chi connectivity index (χ0n) is 12.0. The Morgan fingerprint density at radius 3 is 2.04 bits per heavy atom. The van der Waals surface area contributed by atoms with Gasteiger partial charge in [-0.25, -0.2) is 0 Å². The standard InChI is InChI=1S/C19H12F3N/c20-19(21,22)13-10-11-16-15-8-4-5-9-17(15)23(18(16)12-13)14-6-2-1-3-7-14/h1-12H. The fourth-order valence-electron chi connectivity index (χ4n) is 3.00. The normalized spacial score (nSPS) is 12.1. The van der Waals surface area contributed by atoms with Crippen LogP contribution in [0.2, 0.25) is 0 Å². The summed E-state index contributed by atoms with van der Waals surface area (Å²) in [6.07, 6.45) is -4.35. The van der Waals surface area contributed by atoms with Crippen LogP contribution in [0.1, 0.15) is 5.56 Å². The number of rotatable bonds is 1. The van der Waals surface area contributed by atoms with Crippen LogP contribution in [0.5, 0.6) is 0 Å². The predicted octanol–water partition coefficient (Wildman–Crippen LogP) is 5.80. The van der Waals surface area contributed by atoms with Gasteiger partial charge in [0.1, 0.15) is 0 Å². The molecule has 1 aromatic heterocycles. The van der Waals surface area contributed by atoms with Crippen molar-refractivity contribution in [3.8, 4) is 5.69 Å². The van der Waals surface area contributed by atoms with E-state index in [0.717, 1.165) is 28.0 Å². The molecule has 0 fully saturated rings. The van der Waals surface area contributed by atoms with Gasteiger partial charge in [-0.1, -0.05) is 42.5 Å². The van der Waals surface area contributed by atoms with Gasteiger partial charge in [0, 0.05) is 16.5 Å². The number of alkyl halides is 3. The maximum Gasteiger partial charge on any atom is 0.416 e. The van der Waals surface area contributed by atoms with Gasteiger partial charge in [-0.15, -0.1) is 0 Å². The van der Waals surface area contributed by atoms with Crippen LogP contribution in [0, 0.1) is 0 Å². The third-order valence-corrected chi connectivity index (χ3v) is 4.02. The largest absolute Gasteiger partial charge is 0.416 e. The molecule has 0 aliphatic heterocycles. The van der Waals surface area contributed by atoms with Crippen molar-refractivity contribution >= 4 is 21.8 Å². The van der Waals surface area contributed by atoms with E-state index in [1.165, 1.54) is 6.07 Å². The average molecular weight is 311 g/mol. The molecule has 0 saturated heterocycles.